The fourth-order valence-electron chi connectivity index (χ4n) is 2.94. The number of amides is 1. The second-order valence-electron chi connectivity index (χ2n) is 6.52. The Hall–Kier alpha value is -3.39. The molecule has 0 saturated carbocycles. The molecule has 3 aromatic rings. The Morgan fingerprint density at radius 3 is 2.86 bits per heavy atom. The third-order valence-corrected chi connectivity index (χ3v) is 4.46. The lowest BCUT2D eigenvalue weighted by molar-refractivity contribution is 0.0992. The molecule has 0 fully saturated rings. The summed E-state index contributed by atoms with van der Waals surface area (Å²) in [6.45, 7) is 2.37. The first-order chi connectivity index (χ1) is 14.1. The fraction of sp³-hybridized carbons (Fsp3) is 0.250. The number of hydrogen-bond acceptors (Lipinski definition) is 3. The van der Waals surface area contributed by atoms with Gasteiger partial charge in [-0.1, -0.05) is 19.1 Å². The van der Waals surface area contributed by atoms with Crippen molar-refractivity contribution in [2.45, 2.75) is 26.2 Å². The number of pyridine rings is 1. The maximum absolute atomic E-state index is 14.9. The highest BCUT2D eigenvalue weighted by molar-refractivity contribution is 6.07. The van der Waals surface area contributed by atoms with Crippen LogP contribution in [0.15, 0.2) is 54.7 Å². The Bertz CT molecular complexity index is 1070. The van der Waals surface area contributed by atoms with Gasteiger partial charge in [0.05, 0.1) is 17.8 Å². The molecule has 1 aromatic heterocycles. The van der Waals surface area contributed by atoms with E-state index in [1.165, 1.54) is 4.90 Å². The first-order valence-corrected chi connectivity index (χ1v) is 9.61. The molecule has 0 aliphatic heterocycles. The number of carbonyl (C=O) groups excluding carboxylic acids is 1. The van der Waals surface area contributed by atoms with Crippen molar-refractivity contribution in [2.24, 2.45) is 0 Å². The lowest BCUT2D eigenvalue weighted by Gasteiger charge is -2.19. The minimum absolute atomic E-state index is 0.133. The predicted molar refractivity (Wildman–Crippen MR) is 114 cm³/mol. The molecule has 148 valence electrons. The quantitative estimate of drug-likeness (QED) is 0.428. The molecule has 0 saturated heterocycles. The smallest absolute Gasteiger partial charge is 0.258 e. The normalized spacial score (nSPS) is 10.3. The molecule has 4 nitrogen and oxygen atoms in total. The van der Waals surface area contributed by atoms with Crippen LogP contribution < -0.4 is 9.64 Å². The van der Waals surface area contributed by atoms with Gasteiger partial charge in [-0.25, -0.2) is 4.39 Å². The topological polar surface area (TPSA) is 42.4 Å². The van der Waals surface area contributed by atoms with Gasteiger partial charge in [0.15, 0.2) is 11.6 Å². The number of carbonyl (C=O) groups is 1. The average Bonchev–Trinajstić information content (AvgIpc) is 2.76. The third kappa shape index (κ3) is 4.91. The third-order valence-electron chi connectivity index (χ3n) is 4.46. The van der Waals surface area contributed by atoms with E-state index in [0.29, 0.717) is 18.6 Å². The van der Waals surface area contributed by atoms with Crippen molar-refractivity contribution < 1.29 is 13.9 Å². The lowest BCUT2D eigenvalue weighted by Crippen LogP contribution is -2.27. The van der Waals surface area contributed by atoms with Crippen LogP contribution in [0.5, 0.6) is 5.75 Å². The Morgan fingerprint density at radius 1 is 1.17 bits per heavy atom. The summed E-state index contributed by atoms with van der Waals surface area (Å²) in [4.78, 5) is 18.4. The van der Waals surface area contributed by atoms with Crippen LogP contribution in [0.4, 0.5) is 10.1 Å². The molecule has 0 aliphatic rings. The zero-order chi connectivity index (χ0) is 20.6. The monoisotopic (exact) mass is 390 g/mol. The molecule has 1 heterocycles. The Morgan fingerprint density at radius 2 is 2.03 bits per heavy atom. The van der Waals surface area contributed by atoms with Crippen molar-refractivity contribution in [2.75, 3.05) is 18.6 Å². The van der Waals surface area contributed by atoms with Gasteiger partial charge in [0.25, 0.3) is 5.91 Å². The van der Waals surface area contributed by atoms with Crippen molar-refractivity contribution in [3.63, 3.8) is 0 Å². The van der Waals surface area contributed by atoms with Crippen LogP contribution in [0.3, 0.4) is 0 Å². The van der Waals surface area contributed by atoms with Gasteiger partial charge in [-0.3, -0.25) is 9.78 Å². The number of fused-ring (bicyclic) bond motifs is 1. The highest BCUT2D eigenvalue weighted by atomic mass is 19.1. The molecule has 0 bridgehead atoms. The predicted octanol–water partition coefficient (Wildman–Crippen LogP) is 5.22. The summed E-state index contributed by atoms with van der Waals surface area (Å²) in [5.74, 6) is 5.30. The number of anilines is 1. The van der Waals surface area contributed by atoms with E-state index in [2.05, 4.69) is 16.8 Å². The number of aromatic nitrogens is 1. The lowest BCUT2D eigenvalue weighted by atomic mass is 10.1. The molecule has 3 rings (SSSR count). The molecular weight excluding hydrogens is 367 g/mol. The molecule has 0 atom stereocenters. The van der Waals surface area contributed by atoms with E-state index in [0.717, 1.165) is 23.7 Å². The van der Waals surface area contributed by atoms with E-state index in [1.54, 1.807) is 49.6 Å². The molecule has 5 heteroatoms. The highest BCUT2D eigenvalue weighted by Gasteiger charge is 2.19. The maximum atomic E-state index is 14.9. The van der Waals surface area contributed by atoms with Crippen LogP contribution in [0.1, 0.15) is 36.5 Å². The number of unbranched alkanes of at least 4 members (excludes halogenated alkanes) is 1. The minimum Gasteiger partial charge on any atom is -0.490 e. The van der Waals surface area contributed by atoms with Crippen molar-refractivity contribution in [1.29, 1.82) is 0 Å². The van der Waals surface area contributed by atoms with Crippen LogP contribution in [0, 0.1) is 17.7 Å². The number of halogens is 1. The SMILES string of the molecule is CCC#CCCCOc1cccc(N(C)C(=O)c2ccc3ncccc3c2)c1F. The molecule has 0 radical (unpaired) electrons. The Kier molecular flexibility index (Phi) is 6.80. The standard InChI is InChI=1S/C24H23FN2O2/c1-3-4-5-6-7-16-29-22-12-8-11-21(23(22)25)27(2)24(28)19-13-14-20-18(17-19)10-9-15-26-20/h8-15,17H,3,6-7,16H2,1-2H3. The molecule has 2 aromatic carbocycles. The zero-order valence-electron chi connectivity index (χ0n) is 16.6. The first kappa shape index (κ1) is 20.3. The summed E-state index contributed by atoms with van der Waals surface area (Å²) < 4.78 is 20.5. The van der Waals surface area contributed by atoms with Crippen LogP contribution in [-0.4, -0.2) is 24.5 Å². The zero-order valence-corrected chi connectivity index (χ0v) is 16.6. The fourth-order valence-corrected chi connectivity index (χ4v) is 2.94. The second kappa shape index (κ2) is 9.70. The van der Waals surface area contributed by atoms with Crippen molar-refractivity contribution in [3.8, 4) is 17.6 Å². The highest BCUT2D eigenvalue weighted by Crippen LogP contribution is 2.28. The van der Waals surface area contributed by atoms with E-state index in [4.69, 9.17) is 4.74 Å². The molecular formula is C24H23FN2O2. The van der Waals surface area contributed by atoms with E-state index in [-0.39, 0.29) is 17.3 Å². The van der Waals surface area contributed by atoms with Gasteiger partial charge >= 0.3 is 0 Å². The number of hydrogen-bond donors (Lipinski definition) is 0. The molecule has 1 amide bonds. The van der Waals surface area contributed by atoms with E-state index < -0.39 is 5.82 Å². The molecule has 0 aliphatic carbocycles. The van der Waals surface area contributed by atoms with Crippen LogP contribution in [0.25, 0.3) is 10.9 Å². The van der Waals surface area contributed by atoms with Crippen molar-refractivity contribution in [1.82, 2.24) is 4.98 Å². The average molecular weight is 390 g/mol. The van der Waals surface area contributed by atoms with Crippen molar-refractivity contribution >= 4 is 22.5 Å². The van der Waals surface area contributed by atoms with Crippen LogP contribution in [-0.2, 0) is 0 Å². The molecule has 0 N–H and O–H groups in total. The van der Waals surface area contributed by atoms with E-state index in [1.807, 2.05) is 19.1 Å². The maximum Gasteiger partial charge on any atom is 0.258 e. The molecule has 0 unspecified atom stereocenters. The van der Waals surface area contributed by atoms with Crippen molar-refractivity contribution in [3.05, 3.63) is 66.1 Å². The van der Waals surface area contributed by atoms with E-state index >= 15 is 0 Å². The summed E-state index contributed by atoms with van der Waals surface area (Å²) in [6, 6.07) is 13.8. The Balaban J connectivity index is 1.74. The summed E-state index contributed by atoms with van der Waals surface area (Å²) in [6.07, 6.45) is 3.96. The second-order valence-corrected chi connectivity index (χ2v) is 6.52. The number of ether oxygens (including phenoxy) is 1. The Labute approximate surface area is 170 Å². The van der Waals surface area contributed by atoms with Gasteiger partial charge in [0, 0.05) is 37.0 Å². The minimum atomic E-state index is -0.551. The van der Waals surface area contributed by atoms with Gasteiger partial charge in [0.1, 0.15) is 0 Å². The van der Waals surface area contributed by atoms with Crippen LogP contribution >= 0.6 is 0 Å². The van der Waals surface area contributed by atoms with Gasteiger partial charge in [-0.2, -0.15) is 0 Å². The van der Waals surface area contributed by atoms with E-state index in [9.17, 15) is 9.18 Å². The van der Waals surface area contributed by atoms with Gasteiger partial charge in [-0.05, 0) is 42.8 Å². The number of nitrogens with zero attached hydrogens (tertiary/aromatic N) is 2. The first-order valence-electron chi connectivity index (χ1n) is 9.61. The number of rotatable bonds is 6. The van der Waals surface area contributed by atoms with Gasteiger partial charge in [0.2, 0.25) is 0 Å². The number of benzene rings is 2. The molecule has 29 heavy (non-hydrogen) atoms. The summed E-state index contributed by atoms with van der Waals surface area (Å²) >= 11 is 0. The summed E-state index contributed by atoms with van der Waals surface area (Å²) in [5.41, 5.74) is 1.44. The summed E-state index contributed by atoms with van der Waals surface area (Å²) in [7, 11) is 1.55. The van der Waals surface area contributed by atoms with Crippen LogP contribution in [0.2, 0.25) is 0 Å². The van der Waals surface area contributed by atoms with Gasteiger partial charge < -0.3 is 9.64 Å². The van der Waals surface area contributed by atoms with Gasteiger partial charge in [-0.15, -0.1) is 11.8 Å². The largest absolute Gasteiger partial charge is 0.490 e. The molecule has 0 spiro atoms. The summed E-state index contributed by atoms with van der Waals surface area (Å²) in [5, 5.41) is 0.857.